The summed E-state index contributed by atoms with van der Waals surface area (Å²) in [6.07, 6.45) is 3.47. The summed E-state index contributed by atoms with van der Waals surface area (Å²) in [6.45, 7) is 7.28. The quantitative estimate of drug-likeness (QED) is 0.679. The lowest BCUT2D eigenvalue weighted by Gasteiger charge is -2.38. The molecule has 0 saturated heterocycles. The summed E-state index contributed by atoms with van der Waals surface area (Å²) in [5.74, 6) is 1.35. The molecule has 1 aromatic rings. The van der Waals surface area contributed by atoms with E-state index in [2.05, 4.69) is 27.3 Å². The van der Waals surface area contributed by atoms with E-state index in [0.29, 0.717) is 18.5 Å². The topological polar surface area (TPSA) is 61.8 Å². The number of ether oxygens (including phenoxy) is 1. The molecule has 1 aliphatic carbocycles. The molecule has 0 spiro atoms. The van der Waals surface area contributed by atoms with Crippen LogP contribution in [0.15, 0.2) is 22.7 Å². The molecule has 1 aromatic carbocycles. The minimum Gasteiger partial charge on any atom is -0.496 e. The fourth-order valence-corrected chi connectivity index (χ4v) is 3.99. The molecule has 0 heterocycles. The van der Waals surface area contributed by atoms with Crippen molar-refractivity contribution in [2.24, 2.45) is 5.92 Å². The molecule has 0 atom stereocenters. The van der Waals surface area contributed by atoms with Gasteiger partial charge in [0.05, 0.1) is 7.11 Å². The Bertz CT molecular complexity index is 608. The van der Waals surface area contributed by atoms with Gasteiger partial charge in [0.1, 0.15) is 5.75 Å². The number of carbonyl (C=O) groups is 1. The van der Waals surface area contributed by atoms with E-state index in [1.54, 1.807) is 12.0 Å². The predicted octanol–water partition coefficient (Wildman–Crippen LogP) is 4.88. The second-order valence-electron chi connectivity index (χ2n) is 8.12. The third-order valence-corrected chi connectivity index (χ3v) is 5.65. The van der Waals surface area contributed by atoms with Gasteiger partial charge in [-0.2, -0.15) is 0 Å². The highest BCUT2D eigenvalue weighted by molar-refractivity contribution is 9.10. The number of amides is 1. The van der Waals surface area contributed by atoms with Crippen molar-refractivity contribution < 1.29 is 14.6 Å². The number of carboxylic acid groups (broad SMARTS) is 1. The van der Waals surface area contributed by atoms with Crippen molar-refractivity contribution in [2.45, 2.75) is 64.6 Å². The predicted molar refractivity (Wildman–Crippen MR) is 108 cm³/mol. The van der Waals surface area contributed by atoms with E-state index in [4.69, 9.17) is 4.74 Å². The van der Waals surface area contributed by atoms with Crippen LogP contribution in [0, 0.1) is 5.92 Å². The lowest BCUT2D eigenvalue weighted by atomic mass is 9.85. The number of nitrogens with one attached hydrogen (secondary N) is 1. The van der Waals surface area contributed by atoms with E-state index < -0.39 is 6.09 Å². The van der Waals surface area contributed by atoms with Crippen molar-refractivity contribution in [1.29, 1.82) is 0 Å². The maximum Gasteiger partial charge on any atom is 0.407 e. The number of halogens is 1. The summed E-state index contributed by atoms with van der Waals surface area (Å²) in [7, 11) is 1.70. The average molecular weight is 427 g/mol. The first-order chi connectivity index (χ1) is 12.2. The van der Waals surface area contributed by atoms with Gasteiger partial charge in [-0.1, -0.05) is 15.9 Å². The van der Waals surface area contributed by atoms with Crippen LogP contribution in [0.3, 0.4) is 0 Å². The third-order valence-electron chi connectivity index (χ3n) is 5.15. The molecule has 1 saturated carbocycles. The zero-order chi connectivity index (χ0) is 19.3. The number of hydrogen-bond donors (Lipinski definition) is 2. The molecule has 26 heavy (non-hydrogen) atoms. The first kappa shape index (κ1) is 21.0. The Balaban J connectivity index is 1.83. The van der Waals surface area contributed by atoms with Gasteiger partial charge in [0, 0.05) is 34.7 Å². The van der Waals surface area contributed by atoms with Gasteiger partial charge in [0.15, 0.2) is 0 Å². The lowest BCUT2D eigenvalue weighted by molar-refractivity contribution is 0.0812. The summed E-state index contributed by atoms with van der Waals surface area (Å²) in [5.41, 5.74) is 0.798. The average Bonchev–Trinajstić information content (AvgIpc) is 2.57. The molecule has 1 fully saturated rings. The Morgan fingerprint density at radius 2 is 1.96 bits per heavy atom. The van der Waals surface area contributed by atoms with Gasteiger partial charge in [-0.05, 0) is 70.6 Å². The molecule has 0 radical (unpaired) electrons. The van der Waals surface area contributed by atoms with E-state index in [-0.39, 0.29) is 5.54 Å². The number of hydrogen-bond acceptors (Lipinski definition) is 3. The lowest BCUT2D eigenvalue weighted by Crippen LogP contribution is -2.48. The van der Waals surface area contributed by atoms with Gasteiger partial charge >= 0.3 is 6.09 Å². The maximum absolute atomic E-state index is 11.5. The van der Waals surface area contributed by atoms with Crippen LogP contribution in [0.25, 0.3) is 0 Å². The first-order valence-electron chi connectivity index (χ1n) is 9.27. The third kappa shape index (κ3) is 5.88. The van der Waals surface area contributed by atoms with E-state index in [0.717, 1.165) is 48.0 Å². The van der Waals surface area contributed by atoms with E-state index in [1.807, 2.05) is 32.9 Å². The number of rotatable bonds is 6. The smallest absolute Gasteiger partial charge is 0.407 e. The monoisotopic (exact) mass is 426 g/mol. The second-order valence-corrected chi connectivity index (χ2v) is 9.03. The summed E-state index contributed by atoms with van der Waals surface area (Å²) in [4.78, 5) is 13.1. The van der Waals surface area contributed by atoms with Crippen molar-refractivity contribution >= 4 is 22.0 Å². The molecule has 1 aliphatic rings. The molecule has 146 valence electrons. The highest BCUT2D eigenvalue weighted by Gasteiger charge is 2.30. The van der Waals surface area contributed by atoms with Gasteiger partial charge in [-0.15, -0.1) is 0 Å². The van der Waals surface area contributed by atoms with Crippen LogP contribution in [-0.2, 0) is 6.54 Å². The molecule has 6 heteroatoms. The Kier molecular flexibility index (Phi) is 7.35. The highest BCUT2D eigenvalue weighted by atomic mass is 79.9. The van der Waals surface area contributed by atoms with Crippen molar-refractivity contribution in [3.05, 3.63) is 28.2 Å². The minimum atomic E-state index is -0.820. The van der Waals surface area contributed by atoms with Crippen LogP contribution in [0.4, 0.5) is 4.79 Å². The van der Waals surface area contributed by atoms with Crippen molar-refractivity contribution in [1.82, 2.24) is 10.2 Å². The molecular formula is C20H31BrN2O3. The first-order valence-corrected chi connectivity index (χ1v) is 10.1. The largest absolute Gasteiger partial charge is 0.496 e. The Labute approximate surface area is 165 Å². The SMILES string of the molecule is COc1ccc(Br)cc1CNC1CCC(CN(C(=O)O)C(C)(C)C)CC1. The second kappa shape index (κ2) is 9.09. The van der Waals surface area contributed by atoms with Crippen molar-refractivity contribution in [3.8, 4) is 5.75 Å². The number of nitrogens with zero attached hydrogens (tertiary/aromatic N) is 1. The summed E-state index contributed by atoms with van der Waals surface area (Å²) in [5, 5.41) is 13.1. The molecule has 1 amide bonds. The molecule has 2 N–H and O–H groups in total. The van der Waals surface area contributed by atoms with Gasteiger partial charge in [-0.25, -0.2) is 4.79 Å². The molecule has 0 aliphatic heterocycles. The van der Waals surface area contributed by atoms with Crippen LogP contribution >= 0.6 is 15.9 Å². The summed E-state index contributed by atoms with van der Waals surface area (Å²) in [6, 6.07) is 6.52. The van der Waals surface area contributed by atoms with Crippen LogP contribution in [-0.4, -0.2) is 41.3 Å². The van der Waals surface area contributed by atoms with Crippen LogP contribution in [0.5, 0.6) is 5.75 Å². The Morgan fingerprint density at radius 3 is 2.50 bits per heavy atom. The summed E-state index contributed by atoms with van der Waals surface area (Å²) >= 11 is 3.51. The fraction of sp³-hybridized carbons (Fsp3) is 0.650. The summed E-state index contributed by atoms with van der Waals surface area (Å²) < 4.78 is 6.48. The van der Waals surface area contributed by atoms with E-state index in [9.17, 15) is 9.90 Å². The van der Waals surface area contributed by atoms with E-state index in [1.165, 1.54) is 0 Å². The highest BCUT2D eigenvalue weighted by Crippen LogP contribution is 2.28. The molecule has 5 nitrogen and oxygen atoms in total. The zero-order valence-corrected chi connectivity index (χ0v) is 17.8. The molecule has 0 aromatic heterocycles. The molecule has 0 unspecified atom stereocenters. The standard InChI is InChI=1S/C20H31BrN2O3/c1-20(2,3)23(19(24)25)13-14-5-8-17(9-6-14)22-12-15-11-16(21)7-10-18(15)26-4/h7,10-11,14,17,22H,5-6,8-9,12-13H2,1-4H3,(H,24,25). The van der Waals surface area contributed by atoms with Crippen molar-refractivity contribution in [3.63, 3.8) is 0 Å². The van der Waals surface area contributed by atoms with Gasteiger partial charge in [0.25, 0.3) is 0 Å². The number of benzene rings is 1. The zero-order valence-electron chi connectivity index (χ0n) is 16.2. The molecule has 0 bridgehead atoms. The Hall–Kier alpha value is -1.27. The number of methoxy groups -OCH3 is 1. The fourth-order valence-electron chi connectivity index (χ4n) is 3.59. The Morgan fingerprint density at radius 1 is 1.31 bits per heavy atom. The van der Waals surface area contributed by atoms with Crippen molar-refractivity contribution in [2.75, 3.05) is 13.7 Å². The van der Waals surface area contributed by atoms with Crippen LogP contribution in [0.2, 0.25) is 0 Å². The van der Waals surface area contributed by atoms with Crippen LogP contribution in [0.1, 0.15) is 52.0 Å². The van der Waals surface area contributed by atoms with E-state index >= 15 is 0 Å². The van der Waals surface area contributed by atoms with Gasteiger partial charge < -0.3 is 20.1 Å². The maximum atomic E-state index is 11.5. The minimum absolute atomic E-state index is 0.349. The van der Waals surface area contributed by atoms with Crippen LogP contribution < -0.4 is 10.1 Å². The molecule has 2 rings (SSSR count). The van der Waals surface area contributed by atoms with Gasteiger partial charge in [0.2, 0.25) is 0 Å². The normalized spacial score (nSPS) is 20.7. The van der Waals surface area contributed by atoms with Gasteiger partial charge in [-0.3, -0.25) is 0 Å². The molecular weight excluding hydrogens is 396 g/mol.